The minimum Gasteiger partial charge on any atom is -0.264 e. The van der Waals surface area contributed by atoms with Crippen molar-refractivity contribution < 1.29 is 0 Å². The Morgan fingerprint density at radius 1 is 1.25 bits per heavy atom. The van der Waals surface area contributed by atoms with Crippen molar-refractivity contribution in [3.05, 3.63) is 81.7 Å². The van der Waals surface area contributed by atoms with Crippen LogP contribution in [0.3, 0.4) is 0 Å². The second-order valence-corrected chi connectivity index (χ2v) is 6.63. The predicted molar refractivity (Wildman–Crippen MR) is 103 cm³/mol. The fourth-order valence-electron chi connectivity index (χ4n) is 2.06. The molecular formula is C18H15BrN4S. The second-order valence-electron chi connectivity index (χ2n) is 4.88. The first kappa shape index (κ1) is 16.5. The van der Waals surface area contributed by atoms with Gasteiger partial charge in [0.05, 0.1) is 18.5 Å². The van der Waals surface area contributed by atoms with Crippen LogP contribution in [0.15, 0.2) is 81.4 Å². The van der Waals surface area contributed by atoms with Gasteiger partial charge in [0.15, 0.2) is 0 Å². The van der Waals surface area contributed by atoms with Crippen LogP contribution >= 0.6 is 27.3 Å². The van der Waals surface area contributed by atoms with Gasteiger partial charge in [-0.05, 0) is 18.2 Å². The van der Waals surface area contributed by atoms with Crippen LogP contribution < -0.4 is 4.80 Å². The zero-order chi connectivity index (χ0) is 16.8. The molecule has 24 heavy (non-hydrogen) atoms. The fraction of sp³-hybridized carbons (Fsp3) is 0.0556. The molecule has 2 aromatic heterocycles. The average molecular weight is 399 g/mol. The van der Waals surface area contributed by atoms with E-state index in [2.05, 4.69) is 55.1 Å². The van der Waals surface area contributed by atoms with Gasteiger partial charge in [0.25, 0.3) is 0 Å². The summed E-state index contributed by atoms with van der Waals surface area (Å²) in [6.45, 7) is 4.28. The Hall–Kier alpha value is -2.31. The molecule has 0 N–H and O–H groups in total. The summed E-state index contributed by atoms with van der Waals surface area (Å²) >= 11 is 5.02. The number of hydrogen-bond donors (Lipinski definition) is 0. The van der Waals surface area contributed by atoms with Gasteiger partial charge >= 0.3 is 0 Å². The first-order chi connectivity index (χ1) is 11.8. The van der Waals surface area contributed by atoms with Gasteiger partial charge in [0, 0.05) is 33.4 Å². The minimum absolute atomic E-state index is 0.558. The summed E-state index contributed by atoms with van der Waals surface area (Å²) in [7, 11) is 0. The summed E-state index contributed by atoms with van der Waals surface area (Å²) in [5.41, 5.74) is 3.01. The molecule has 0 saturated carbocycles. The number of hydrogen-bond acceptors (Lipinski definition) is 4. The van der Waals surface area contributed by atoms with Gasteiger partial charge in [0.2, 0.25) is 4.80 Å². The van der Waals surface area contributed by atoms with Crippen LogP contribution in [0.4, 0.5) is 0 Å². The van der Waals surface area contributed by atoms with Crippen LogP contribution in [0.2, 0.25) is 0 Å². The third kappa shape index (κ3) is 3.96. The molecule has 3 rings (SSSR count). The molecule has 0 saturated heterocycles. The molecule has 0 aliphatic heterocycles. The number of rotatable bonds is 5. The predicted octanol–water partition coefficient (Wildman–Crippen LogP) is 4.34. The molecule has 6 heteroatoms. The number of nitrogens with zero attached hydrogens (tertiary/aromatic N) is 4. The first-order valence-electron chi connectivity index (χ1n) is 7.30. The Morgan fingerprint density at radius 3 is 2.79 bits per heavy atom. The Balaban J connectivity index is 2.06. The molecule has 0 bridgehead atoms. The molecule has 0 amide bonds. The van der Waals surface area contributed by atoms with E-state index < -0.39 is 0 Å². The highest BCUT2D eigenvalue weighted by Gasteiger charge is 2.07. The standard InChI is InChI=1S/C18H15BrN4S/c1-2-9-21-18-23(22-12-14-4-3-10-20-11-14)17(13-24-18)15-5-7-16(19)8-6-15/h2-8,10-13H,1,9H2/b21-18?,22-12-. The molecule has 0 aliphatic carbocycles. The maximum atomic E-state index is 4.61. The summed E-state index contributed by atoms with van der Waals surface area (Å²) in [5, 5.41) is 6.67. The SMILES string of the molecule is C=CCN=c1scc(-c2ccc(Br)cc2)n1/N=C\c1cccnc1. The van der Waals surface area contributed by atoms with Crippen LogP contribution in [0.25, 0.3) is 11.3 Å². The highest BCUT2D eigenvalue weighted by molar-refractivity contribution is 9.10. The van der Waals surface area contributed by atoms with E-state index in [-0.39, 0.29) is 0 Å². The lowest BCUT2D eigenvalue weighted by Crippen LogP contribution is -2.12. The van der Waals surface area contributed by atoms with Crippen LogP contribution in [0.5, 0.6) is 0 Å². The van der Waals surface area contributed by atoms with Crippen molar-refractivity contribution in [3.8, 4) is 11.3 Å². The van der Waals surface area contributed by atoms with Gasteiger partial charge in [-0.25, -0.2) is 4.68 Å². The van der Waals surface area contributed by atoms with Crippen LogP contribution in [-0.2, 0) is 0 Å². The van der Waals surface area contributed by atoms with Gasteiger partial charge < -0.3 is 0 Å². The molecule has 0 fully saturated rings. The van der Waals surface area contributed by atoms with Crippen molar-refractivity contribution in [2.24, 2.45) is 10.1 Å². The summed E-state index contributed by atoms with van der Waals surface area (Å²) in [6.07, 6.45) is 7.08. The maximum Gasteiger partial charge on any atom is 0.206 e. The molecule has 3 aromatic rings. The molecule has 0 unspecified atom stereocenters. The van der Waals surface area contributed by atoms with Gasteiger partial charge in [-0.2, -0.15) is 5.10 Å². The Kier molecular flexibility index (Phi) is 5.51. The summed E-state index contributed by atoms with van der Waals surface area (Å²) in [6, 6.07) is 12.0. The van der Waals surface area contributed by atoms with E-state index in [0.717, 1.165) is 26.1 Å². The third-order valence-corrected chi connectivity index (χ3v) is 4.57. The summed E-state index contributed by atoms with van der Waals surface area (Å²) < 4.78 is 2.90. The van der Waals surface area contributed by atoms with Crippen molar-refractivity contribution in [2.75, 3.05) is 6.54 Å². The number of benzene rings is 1. The quantitative estimate of drug-likeness (QED) is 0.465. The monoisotopic (exact) mass is 398 g/mol. The first-order valence-corrected chi connectivity index (χ1v) is 8.97. The molecule has 4 nitrogen and oxygen atoms in total. The topological polar surface area (TPSA) is 42.5 Å². The van der Waals surface area contributed by atoms with E-state index in [9.17, 15) is 0 Å². The van der Waals surface area contributed by atoms with E-state index in [4.69, 9.17) is 0 Å². The molecule has 2 heterocycles. The molecule has 0 atom stereocenters. The van der Waals surface area contributed by atoms with Crippen LogP contribution in [0, 0.1) is 0 Å². The molecular weight excluding hydrogens is 384 g/mol. The van der Waals surface area contributed by atoms with E-state index in [0.29, 0.717) is 6.54 Å². The number of aromatic nitrogens is 2. The minimum atomic E-state index is 0.558. The smallest absolute Gasteiger partial charge is 0.206 e. The van der Waals surface area contributed by atoms with Crippen molar-refractivity contribution >= 4 is 33.5 Å². The molecule has 0 spiro atoms. The van der Waals surface area contributed by atoms with E-state index in [1.165, 1.54) is 0 Å². The Labute approximate surface area is 152 Å². The summed E-state index contributed by atoms with van der Waals surface area (Å²) in [4.78, 5) is 9.46. The zero-order valence-corrected chi connectivity index (χ0v) is 15.2. The van der Waals surface area contributed by atoms with Crippen molar-refractivity contribution in [3.63, 3.8) is 0 Å². The second kappa shape index (κ2) is 7.99. The third-order valence-electron chi connectivity index (χ3n) is 3.19. The van der Waals surface area contributed by atoms with E-state index in [1.807, 2.05) is 28.9 Å². The number of thiazole rings is 1. The highest BCUT2D eigenvalue weighted by Crippen LogP contribution is 2.22. The van der Waals surface area contributed by atoms with Gasteiger partial charge in [-0.1, -0.05) is 40.2 Å². The largest absolute Gasteiger partial charge is 0.264 e. The molecule has 1 aromatic carbocycles. The lowest BCUT2D eigenvalue weighted by molar-refractivity contribution is 0.840. The van der Waals surface area contributed by atoms with Crippen LogP contribution in [-0.4, -0.2) is 22.4 Å². The van der Waals surface area contributed by atoms with E-state index >= 15 is 0 Å². The number of halogens is 1. The van der Waals surface area contributed by atoms with E-state index in [1.54, 1.807) is 36.0 Å². The zero-order valence-electron chi connectivity index (χ0n) is 12.8. The fourth-order valence-corrected chi connectivity index (χ4v) is 3.17. The van der Waals surface area contributed by atoms with Crippen molar-refractivity contribution in [2.45, 2.75) is 0 Å². The lowest BCUT2D eigenvalue weighted by Gasteiger charge is -2.03. The van der Waals surface area contributed by atoms with Gasteiger partial charge in [-0.15, -0.1) is 17.9 Å². The van der Waals surface area contributed by atoms with Crippen LogP contribution in [0.1, 0.15) is 5.56 Å². The average Bonchev–Trinajstić information content (AvgIpc) is 3.02. The Bertz CT molecular complexity index is 908. The maximum absolute atomic E-state index is 4.61. The lowest BCUT2D eigenvalue weighted by atomic mass is 10.2. The number of pyridine rings is 1. The molecule has 120 valence electrons. The highest BCUT2D eigenvalue weighted by atomic mass is 79.9. The summed E-state index contributed by atoms with van der Waals surface area (Å²) in [5.74, 6) is 0. The normalized spacial score (nSPS) is 12.0. The molecule has 0 aliphatic rings. The molecule has 0 radical (unpaired) electrons. The van der Waals surface area contributed by atoms with Gasteiger partial charge in [-0.3, -0.25) is 9.98 Å². The van der Waals surface area contributed by atoms with Crippen molar-refractivity contribution in [1.82, 2.24) is 9.66 Å². The van der Waals surface area contributed by atoms with Crippen molar-refractivity contribution in [1.29, 1.82) is 0 Å². The van der Waals surface area contributed by atoms with Gasteiger partial charge in [0.1, 0.15) is 0 Å². The Morgan fingerprint density at radius 2 is 2.08 bits per heavy atom.